The molecule has 0 spiro atoms. The Kier molecular flexibility index (Phi) is 3.38. The predicted molar refractivity (Wildman–Crippen MR) is 66.0 cm³/mol. The number of hydrogen-bond acceptors (Lipinski definition) is 3. The normalized spacial score (nSPS) is 26.0. The summed E-state index contributed by atoms with van der Waals surface area (Å²) >= 11 is 6.03. The molecule has 2 unspecified atom stereocenters. The third kappa shape index (κ3) is 2.17. The summed E-state index contributed by atoms with van der Waals surface area (Å²) in [6.45, 7) is 0.917. The van der Waals surface area contributed by atoms with Gasteiger partial charge in [-0.2, -0.15) is 0 Å². The Morgan fingerprint density at radius 2 is 2.25 bits per heavy atom. The number of benzene rings is 1. The number of methoxy groups -OCH3 is 1. The van der Waals surface area contributed by atoms with Crippen molar-refractivity contribution in [2.24, 2.45) is 5.73 Å². The number of nitrogens with zero attached hydrogens (tertiary/aromatic N) is 1. The molecule has 1 saturated heterocycles. The summed E-state index contributed by atoms with van der Waals surface area (Å²) in [4.78, 5) is 2.25. The lowest BCUT2D eigenvalue weighted by Gasteiger charge is -2.21. The molecule has 2 rings (SSSR count). The van der Waals surface area contributed by atoms with E-state index in [0.29, 0.717) is 6.04 Å². The SMILES string of the molecule is COc1ccc(Cl)cc1C1CC(N)CN1C. The van der Waals surface area contributed by atoms with Crippen LogP contribution >= 0.6 is 11.6 Å². The molecule has 1 fully saturated rings. The third-order valence-corrected chi connectivity index (χ3v) is 3.37. The lowest BCUT2D eigenvalue weighted by Crippen LogP contribution is -2.24. The van der Waals surface area contributed by atoms with E-state index in [4.69, 9.17) is 22.1 Å². The minimum absolute atomic E-state index is 0.235. The minimum atomic E-state index is 0.235. The van der Waals surface area contributed by atoms with Crippen molar-refractivity contribution in [3.63, 3.8) is 0 Å². The predicted octanol–water partition coefficient (Wildman–Crippen LogP) is 2.05. The van der Waals surface area contributed by atoms with E-state index < -0.39 is 0 Å². The van der Waals surface area contributed by atoms with E-state index in [1.54, 1.807) is 7.11 Å². The van der Waals surface area contributed by atoms with Gasteiger partial charge in [-0.25, -0.2) is 0 Å². The summed E-state index contributed by atoms with van der Waals surface area (Å²) in [6.07, 6.45) is 0.952. The molecule has 1 aromatic carbocycles. The maximum Gasteiger partial charge on any atom is 0.123 e. The van der Waals surface area contributed by atoms with E-state index in [1.165, 1.54) is 0 Å². The molecule has 1 aliphatic heterocycles. The first-order valence-corrected chi connectivity index (χ1v) is 5.79. The van der Waals surface area contributed by atoms with Crippen molar-refractivity contribution in [2.45, 2.75) is 18.5 Å². The second-order valence-electron chi connectivity index (χ2n) is 4.34. The van der Waals surface area contributed by atoms with Gasteiger partial charge in [-0.1, -0.05) is 11.6 Å². The van der Waals surface area contributed by atoms with Crippen molar-refractivity contribution >= 4 is 11.6 Å². The van der Waals surface area contributed by atoms with E-state index in [0.717, 1.165) is 29.3 Å². The van der Waals surface area contributed by atoms with Gasteiger partial charge >= 0.3 is 0 Å². The zero-order valence-corrected chi connectivity index (χ0v) is 10.4. The highest BCUT2D eigenvalue weighted by atomic mass is 35.5. The Morgan fingerprint density at radius 3 is 2.81 bits per heavy atom. The Balaban J connectivity index is 2.35. The first-order chi connectivity index (χ1) is 7.61. The highest BCUT2D eigenvalue weighted by Crippen LogP contribution is 2.36. The summed E-state index contributed by atoms with van der Waals surface area (Å²) in [5.41, 5.74) is 7.10. The quantitative estimate of drug-likeness (QED) is 0.860. The number of likely N-dealkylation sites (tertiary alicyclic amines) is 1. The van der Waals surface area contributed by atoms with Crippen LogP contribution in [0.1, 0.15) is 18.0 Å². The van der Waals surface area contributed by atoms with Gasteiger partial charge in [0.1, 0.15) is 5.75 Å². The van der Waals surface area contributed by atoms with E-state index in [-0.39, 0.29) is 6.04 Å². The Morgan fingerprint density at radius 1 is 1.50 bits per heavy atom. The number of nitrogens with two attached hydrogens (primary N) is 1. The molecular formula is C12H17ClN2O. The number of ether oxygens (including phenoxy) is 1. The molecule has 1 heterocycles. The van der Waals surface area contributed by atoms with Crippen LogP contribution in [-0.2, 0) is 0 Å². The molecule has 2 N–H and O–H groups in total. The maximum absolute atomic E-state index is 6.03. The van der Waals surface area contributed by atoms with Crippen molar-refractivity contribution in [3.8, 4) is 5.75 Å². The minimum Gasteiger partial charge on any atom is -0.496 e. The lowest BCUT2D eigenvalue weighted by atomic mass is 10.0. The maximum atomic E-state index is 6.03. The molecule has 88 valence electrons. The molecule has 0 amide bonds. The summed E-state index contributed by atoms with van der Waals surface area (Å²) < 4.78 is 5.37. The molecule has 16 heavy (non-hydrogen) atoms. The molecule has 0 radical (unpaired) electrons. The van der Waals surface area contributed by atoms with E-state index in [1.807, 2.05) is 18.2 Å². The monoisotopic (exact) mass is 240 g/mol. The molecule has 0 aromatic heterocycles. The number of likely N-dealkylation sites (N-methyl/N-ethyl adjacent to an activating group) is 1. The fourth-order valence-corrected chi connectivity index (χ4v) is 2.55. The largest absolute Gasteiger partial charge is 0.496 e. The van der Waals surface area contributed by atoms with Crippen LogP contribution in [0.5, 0.6) is 5.75 Å². The molecule has 4 heteroatoms. The summed E-state index contributed by atoms with van der Waals surface area (Å²) in [5.74, 6) is 0.885. The third-order valence-electron chi connectivity index (χ3n) is 3.13. The molecule has 1 aromatic rings. The van der Waals surface area contributed by atoms with Gasteiger partial charge < -0.3 is 10.5 Å². The fraction of sp³-hybridized carbons (Fsp3) is 0.500. The van der Waals surface area contributed by atoms with Crippen LogP contribution in [-0.4, -0.2) is 31.6 Å². The Labute approximate surface area is 101 Å². The average Bonchev–Trinajstić information content (AvgIpc) is 2.57. The zero-order valence-electron chi connectivity index (χ0n) is 9.61. The average molecular weight is 241 g/mol. The van der Waals surface area contributed by atoms with Crippen molar-refractivity contribution in [1.82, 2.24) is 4.90 Å². The van der Waals surface area contributed by atoms with Crippen LogP contribution in [0.15, 0.2) is 18.2 Å². The van der Waals surface area contributed by atoms with Crippen LogP contribution in [0, 0.1) is 0 Å². The van der Waals surface area contributed by atoms with E-state index in [2.05, 4.69) is 11.9 Å². The van der Waals surface area contributed by atoms with Crippen molar-refractivity contribution in [1.29, 1.82) is 0 Å². The highest BCUT2D eigenvalue weighted by Gasteiger charge is 2.30. The Hall–Kier alpha value is -0.770. The second kappa shape index (κ2) is 4.62. The number of hydrogen-bond donors (Lipinski definition) is 1. The van der Waals surface area contributed by atoms with Crippen LogP contribution in [0.25, 0.3) is 0 Å². The van der Waals surface area contributed by atoms with Crippen LogP contribution in [0.4, 0.5) is 0 Å². The van der Waals surface area contributed by atoms with Crippen LogP contribution < -0.4 is 10.5 Å². The first kappa shape index (κ1) is 11.7. The number of rotatable bonds is 2. The molecule has 3 nitrogen and oxygen atoms in total. The molecule has 0 aliphatic carbocycles. The molecule has 1 aliphatic rings. The van der Waals surface area contributed by atoms with Crippen LogP contribution in [0.3, 0.4) is 0 Å². The highest BCUT2D eigenvalue weighted by molar-refractivity contribution is 6.30. The second-order valence-corrected chi connectivity index (χ2v) is 4.77. The molecule has 0 saturated carbocycles. The van der Waals surface area contributed by atoms with Gasteiger partial charge in [0.15, 0.2) is 0 Å². The smallest absolute Gasteiger partial charge is 0.123 e. The van der Waals surface area contributed by atoms with Crippen molar-refractivity contribution in [3.05, 3.63) is 28.8 Å². The summed E-state index contributed by atoms with van der Waals surface area (Å²) in [5, 5.41) is 0.740. The number of halogens is 1. The van der Waals surface area contributed by atoms with Gasteiger partial charge in [0.05, 0.1) is 7.11 Å². The van der Waals surface area contributed by atoms with Crippen molar-refractivity contribution < 1.29 is 4.74 Å². The standard InChI is InChI=1S/C12H17ClN2O/c1-15-7-9(14)6-11(15)10-5-8(13)3-4-12(10)16-2/h3-5,9,11H,6-7,14H2,1-2H3. The van der Waals surface area contributed by atoms with Crippen molar-refractivity contribution in [2.75, 3.05) is 20.7 Å². The zero-order chi connectivity index (χ0) is 11.7. The van der Waals surface area contributed by atoms with E-state index >= 15 is 0 Å². The van der Waals surface area contributed by atoms with Gasteiger partial charge in [0, 0.05) is 29.2 Å². The molecule has 0 bridgehead atoms. The van der Waals surface area contributed by atoms with Crippen LogP contribution in [0.2, 0.25) is 5.02 Å². The molecular weight excluding hydrogens is 224 g/mol. The topological polar surface area (TPSA) is 38.5 Å². The summed E-state index contributed by atoms with van der Waals surface area (Å²) in [7, 11) is 3.76. The Bertz CT molecular complexity index is 383. The van der Waals surface area contributed by atoms with E-state index in [9.17, 15) is 0 Å². The summed E-state index contributed by atoms with van der Waals surface area (Å²) in [6, 6.07) is 6.27. The van der Waals surface area contributed by atoms with Gasteiger partial charge in [-0.05, 0) is 31.7 Å². The van der Waals surface area contributed by atoms with Gasteiger partial charge in [0.2, 0.25) is 0 Å². The van der Waals surface area contributed by atoms with Gasteiger partial charge in [-0.15, -0.1) is 0 Å². The molecule has 2 atom stereocenters. The first-order valence-electron chi connectivity index (χ1n) is 5.41. The fourth-order valence-electron chi connectivity index (χ4n) is 2.37. The lowest BCUT2D eigenvalue weighted by molar-refractivity contribution is 0.305. The van der Waals surface area contributed by atoms with Gasteiger partial charge in [0.25, 0.3) is 0 Å². The van der Waals surface area contributed by atoms with Gasteiger partial charge in [-0.3, -0.25) is 4.90 Å².